The van der Waals surface area contributed by atoms with Crippen LogP contribution >= 0.6 is 0 Å². The summed E-state index contributed by atoms with van der Waals surface area (Å²) in [5, 5.41) is 14.2. The van der Waals surface area contributed by atoms with Gasteiger partial charge in [0, 0.05) is 32.4 Å². The summed E-state index contributed by atoms with van der Waals surface area (Å²) in [5.41, 5.74) is 2.50. The van der Waals surface area contributed by atoms with E-state index in [2.05, 4.69) is 52.3 Å². The summed E-state index contributed by atoms with van der Waals surface area (Å²) in [6, 6.07) is 17.2. The zero-order valence-electron chi connectivity index (χ0n) is 18.5. The third-order valence-electron chi connectivity index (χ3n) is 4.77. The number of rotatable bonds is 5. The van der Waals surface area contributed by atoms with Crippen molar-refractivity contribution in [1.82, 2.24) is 9.88 Å². The molecule has 2 atom stereocenters. The molecule has 0 amide bonds. The van der Waals surface area contributed by atoms with Crippen LogP contribution in [-0.2, 0) is 27.3 Å². The van der Waals surface area contributed by atoms with E-state index in [1.165, 1.54) is 5.56 Å². The second kappa shape index (κ2) is 13.6. The number of carboxylic acid groups (broad SMARTS) is 2. The van der Waals surface area contributed by atoms with Crippen LogP contribution in [0, 0.1) is 0 Å². The maximum Gasteiger partial charge on any atom is 0.490 e. The molecule has 2 N–H and O–H groups in total. The van der Waals surface area contributed by atoms with E-state index >= 15 is 0 Å². The van der Waals surface area contributed by atoms with Gasteiger partial charge in [-0.25, -0.2) is 9.59 Å². The summed E-state index contributed by atoms with van der Waals surface area (Å²) in [7, 11) is 1.83. The second-order valence-corrected chi connectivity index (χ2v) is 7.22. The van der Waals surface area contributed by atoms with Gasteiger partial charge < -0.3 is 14.9 Å². The molecule has 194 valence electrons. The molecule has 0 saturated carbocycles. The maximum atomic E-state index is 10.6. The van der Waals surface area contributed by atoms with Crippen molar-refractivity contribution in [3.8, 4) is 0 Å². The summed E-state index contributed by atoms with van der Waals surface area (Å²) in [5.74, 6) is -5.51. The Balaban J connectivity index is 0.000000362. The van der Waals surface area contributed by atoms with Gasteiger partial charge in [0.2, 0.25) is 0 Å². The molecule has 7 nitrogen and oxygen atoms in total. The molecular formula is C22H24F6N2O5. The van der Waals surface area contributed by atoms with Crippen molar-refractivity contribution in [1.29, 1.82) is 0 Å². The van der Waals surface area contributed by atoms with Gasteiger partial charge in [-0.2, -0.15) is 26.3 Å². The molecule has 1 fully saturated rings. The van der Waals surface area contributed by atoms with E-state index in [1.807, 2.05) is 19.4 Å². The zero-order valence-corrected chi connectivity index (χ0v) is 18.5. The normalized spacial score (nSPS) is 18.0. The van der Waals surface area contributed by atoms with Gasteiger partial charge in [0.1, 0.15) is 0 Å². The number of methoxy groups -OCH3 is 1. The maximum absolute atomic E-state index is 10.6. The van der Waals surface area contributed by atoms with Crippen LogP contribution in [0.4, 0.5) is 26.3 Å². The summed E-state index contributed by atoms with van der Waals surface area (Å²) >= 11 is 0. The van der Waals surface area contributed by atoms with Gasteiger partial charge in [-0.15, -0.1) is 0 Å². The number of carboxylic acids is 2. The Morgan fingerprint density at radius 1 is 0.971 bits per heavy atom. The first kappa shape index (κ1) is 29.8. The molecule has 0 spiro atoms. The van der Waals surface area contributed by atoms with Crippen molar-refractivity contribution in [3.63, 3.8) is 0 Å². The van der Waals surface area contributed by atoms with Crippen LogP contribution in [0.15, 0.2) is 54.7 Å². The Morgan fingerprint density at radius 2 is 1.49 bits per heavy atom. The van der Waals surface area contributed by atoms with Crippen LogP contribution in [0.2, 0.25) is 0 Å². The van der Waals surface area contributed by atoms with Crippen LogP contribution in [0.1, 0.15) is 17.7 Å². The van der Waals surface area contributed by atoms with Crippen molar-refractivity contribution in [3.05, 3.63) is 66.0 Å². The minimum absolute atomic E-state index is 0.314. The largest absolute Gasteiger partial charge is 0.490 e. The number of aromatic nitrogens is 1. The molecule has 3 rings (SSSR count). The lowest BCUT2D eigenvalue weighted by Crippen LogP contribution is -2.37. The Hall–Kier alpha value is -3.19. The number of ether oxygens (including phenoxy) is 1. The molecule has 0 bridgehead atoms. The molecular weight excluding hydrogens is 486 g/mol. The third kappa shape index (κ3) is 11.2. The number of alkyl halides is 6. The van der Waals surface area contributed by atoms with Crippen LogP contribution < -0.4 is 0 Å². The second-order valence-electron chi connectivity index (χ2n) is 7.22. The summed E-state index contributed by atoms with van der Waals surface area (Å²) < 4.78 is 69.2. The molecule has 1 aliphatic heterocycles. The van der Waals surface area contributed by atoms with Crippen LogP contribution in [0.5, 0.6) is 0 Å². The van der Waals surface area contributed by atoms with E-state index in [0.29, 0.717) is 12.1 Å². The highest BCUT2D eigenvalue weighted by Gasteiger charge is 2.39. The highest BCUT2D eigenvalue weighted by atomic mass is 19.4. The minimum atomic E-state index is -5.08. The fourth-order valence-corrected chi connectivity index (χ4v) is 3.17. The van der Waals surface area contributed by atoms with E-state index in [-0.39, 0.29) is 0 Å². The van der Waals surface area contributed by atoms with Gasteiger partial charge >= 0.3 is 24.3 Å². The van der Waals surface area contributed by atoms with Crippen molar-refractivity contribution in [2.45, 2.75) is 43.9 Å². The van der Waals surface area contributed by atoms with Gasteiger partial charge in [-0.3, -0.25) is 9.88 Å². The quantitative estimate of drug-likeness (QED) is 0.583. The van der Waals surface area contributed by atoms with Crippen molar-refractivity contribution >= 4 is 11.9 Å². The van der Waals surface area contributed by atoms with E-state index in [1.54, 1.807) is 0 Å². The lowest BCUT2D eigenvalue weighted by atomic mass is 10.0. The predicted octanol–water partition coefficient (Wildman–Crippen LogP) is 4.18. The van der Waals surface area contributed by atoms with E-state index in [9.17, 15) is 26.3 Å². The number of pyridine rings is 1. The SMILES string of the molecule is CO[C@@H]1CCN(Cc2ccccn2)[C@H]1Cc1ccccc1.O=C(O)C(F)(F)F.O=C(O)C(F)(F)F. The predicted molar refractivity (Wildman–Crippen MR) is 111 cm³/mol. The highest BCUT2D eigenvalue weighted by Crippen LogP contribution is 2.25. The van der Waals surface area contributed by atoms with Gasteiger partial charge in [-0.1, -0.05) is 36.4 Å². The molecule has 2 heterocycles. The van der Waals surface area contributed by atoms with Crippen molar-refractivity contribution in [2.24, 2.45) is 0 Å². The molecule has 1 saturated heterocycles. The lowest BCUT2D eigenvalue weighted by Gasteiger charge is -2.27. The average Bonchev–Trinajstić information content (AvgIpc) is 3.16. The van der Waals surface area contributed by atoms with Gasteiger partial charge in [0.15, 0.2) is 0 Å². The molecule has 35 heavy (non-hydrogen) atoms. The van der Waals surface area contributed by atoms with Gasteiger partial charge in [0.25, 0.3) is 0 Å². The Labute approximate surface area is 197 Å². The molecule has 0 radical (unpaired) electrons. The zero-order chi connectivity index (χ0) is 26.6. The summed E-state index contributed by atoms with van der Waals surface area (Å²) in [6.45, 7) is 1.98. The molecule has 1 aromatic carbocycles. The summed E-state index contributed by atoms with van der Waals surface area (Å²) in [4.78, 5) is 24.7. The first-order valence-corrected chi connectivity index (χ1v) is 10.1. The van der Waals surface area contributed by atoms with E-state index in [0.717, 1.165) is 31.6 Å². The lowest BCUT2D eigenvalue weighted by molar-refractivity contribution is -0.193. The molecule has 1 aromatic heterocycles. The number of hydrogen-bond donors (Lipinski definition) is 2. The smallest absolute Gasteiger partial charge is 0.475 e. The van der Waals surface area contributed by atoms with Crippen molar-refractivity contribution in [2.75, 3.05) is 13.7 Å². The number of hydrogen-bond acceptors (Lipinski definition) is 5. The van der Waals surface area contributed by atoms with Gasteiger partial charge in [0.05, 0.1) is 11.8 Å². The van der Waals surface area contributed by atoms with Crippen LogP contribution in [0.25, 0.3) is 0 Å². The Bertz CT molecular complexity index is 886. The number of nitrogens with zero attached hydrogens (tertiary/aromatic N) is 2. The standard InChI is InChI=1S/C18H22N2O.2C2HF3O2/c1-21-18-10-12-20(14-16-9-5-6-11-19-16)17(18)13-15-7-3-2-4-8-15;2*3-2(4,5)1(6)7/h2-9,11,17-18H,10,12-14H2,1H3;2*(H,6,7)/t17-,18+;;/m0../s1. The first-order valence-electron chi connectivity index (χ1n) is 10.1. The highest BCUT2D eigenvalue weighted by molar-refractivity contribution is 5.73. The first-order chi connectivity index (χ1) is 16.3. The molecule has 0 unspecified atom stereocenters. The average molecular weight is 510 g/mol. The molecule has 0 aliphatic carbocycles. The van der Waals surface area contributed by atoms with Crippen molar-refractivity contribution < 1.29 is 50.9 Å². The minimum Gasteiger partial charge on any atom is -0.475 e. The number of halogens is 6. The number of benzene rings is 1. The number of likely N-dealkylation sites (tertiary alicyclic amines) is 1. The number of aliphatic carboxylic acids is 2. The Morgan fingerprint density at radius 3 is 1.91 bits per heavy atom. The van der Waals surface area contributed by atoms with E-state index < -0.39 is 24.3 Å². The topological polar surface area (TPSA) is 100.0 Å². The van der Waals surface area contributed by atoms with Gasteiger partial charge in [-0.05, 0) is 30.5 Å². The fraction of sp³-hybridized carbons (Fsp3) is 0.409. The third-order valence-corrected chi connectivity index (χ3v) is 4.77. The Kier molecular flexibility index (Phi) is 11.6. The van der Waals surface area contributed by atoms with E-state index in [4.69, 9.17) is 24.5 Å². The van der Waals surface area contributed by atoms with Crippen LogP contribution in [-0.4, -0.2) is 70.2 Å². The molecule has 2 aromatic rings. The fourth-order valence-electron chi connectivity index (χ4n) is 3.17. The van der Waals surface area contributed by atoms with Crippen LogP contribution in [0.3, 0.4) is 0 Å². The number of carbonyl (C=O) groups is 2. The monoisotopic (exact) mass is 510 g/mol. The summed E-state index contributed by atoms with van der Waals surface area (Å²) in [6.07, 6.45) is -5.85. The molecule has 13 heteroatoms. The molecule has 1 aliphatic rings.